The first-order chi connectivity index (χ1) is 14.0. The number of carbonyl (C=O) groups is 1. The molecule has 2 aromatic heterocycles. The van der Waals surface area contributed by atoms with Crippen LogP contribution in [0.5, 0.6) is 0 Å². The second-order valence-electron chi connectivity index (χ2n) is 7.68. The maximum atomic E-state index is 13.2. The maximum Gasteiger partial charge on any atom is 0.257 e. The van der Waals surface area contributed by atoms with Crippen molar-refractivity contribution >= 4 is 11.6 Å². The maximum absolute atomic E-state index is 13.2. The van der Waals surface area contributed by atoms with Crippen molar-refractivity contribution in [3.8, 4) is 0 Å². The molecule has 7 nitrogen and oxygen atoms in total. The van der Waals surface area contributed by atoms with E-state index in [1.165, 1.54) is 5.56 Å². The van der Waals surface area contributed by atoms with Crippen LogP contribution < -0.4 is 5.32 Å². The Labute approximate surface area is 170 Å². The number of nitrogens with one attached hydrogen (secondary N) is 1. The molecule has 1 aliphatic rings. The van der Waals surface area contributed by atoms with Crippen LogP contribution in [0.4, 0.5) is 0 Å². The lowest BCUT2D eigenvalue weighted by molar-refractivity contribution is 0.0332. The highest BCUT2D eigenvalue weighted by Crippen LogP contribution is 2.19. The van der Waals surface area contributed by atoms with Crippen LogP contribution >= 0.6 is 0 Å². The van der Waals surface area contributed by atoms with Gasteiger partial charge in [-0.05, 0) is 32.4 Å². The lowest BCUT2D eigenvalue weighted by atomic mass is 10.0. The molecule has 1 aliphatic heterocycles. The smallest absolute Gasteiger partial charge is 0.257 e. The third-order valence-electron chi connectivity index (χ3n) is 5.35. The van der Waals surface area contributed by atoms with Gasteiger partial charge in [-0.25, -0.2) is 9.50 Å². The molecule has 0 saturated carbocycles. The molecule has 1 N–H and O–H groups in total. The van der Waals surface area contributed by atoms with Crippen molar-refractivity contribution in [1.82, 2.24) is 24.8 Å². The van der Waals surface area contributed by atoms with Crippen LogP contribution in [0.3, 0.4) is 0 Å². The van der Waals surface area contributed by atoms with Crippen LogP contribution in [0.1, 0.15) is 38.9 Å². The zero-order valence-electron chi connectivity index (χ0n) is 17.2. The van der Waals surface area contributed by atoms with Gasteiger partial charge in [0.05, 0.1) is 25.5 Å². The summed E-state index contributed by atoms with van der Waals surface area (Å²) in [5.74, 6) is -0.156. The number of aromatic nitrogens is 3. The average Bonchev–Trinajstić information content (AvgIpc) is 3.13. The number of fused-ring (bicyclic) bond motifs is 1. The summed E-state index contributed by atoms with van der Waals surface area (Å²) >= 11 is 0. The lowest BCUT2D eigenvalue weighted by Gasteiger charge is -2.31. The number of carbonyl (C=O) groups excluding carboxylic acids is 1. The summed E-state index contributed by atoms with van der Waals surface area (Å²) in [5, 5.41) is 7.57. The van der Waals surface area contributed by atoms with Crippen molar-refractivity contribution in [2.45, 2.75) is 26.8 Å². The third-order valence-corrected chi connectivity index (χ3v) is 5.35. The van der Waals surface area contributed by atoms with E-state index >= 15 is 0 Å². The van der Waals surface area contributed by atoms with Gasteiger partial charge in [-0.1, -0.05) is 29.8 Å². The van der Waals surface area contributed by atoms with E-state index < -0.39 is 0 Å². The molecular weight excluding hydrogens is 366 g/mol. The fourth-order valence-corrected chi connectivity index (χ4v) is 3.74. The standard InChI is InChI=1S/C22H27N5O2/c1-15-4-6-18(7-5-15)20(14-26-8-10-29-11-9-26)25-22(28)19-13-23-27-17(3)12-16(2)24-21(19)27/h4-7,12-13,20H,8-11,14H2,1-3H3,(H,25,28)/t20-/m1/s1. The quantitative estimate of drug-likeness (QED) is 0.721. The number of amides is 1. The topological polar surface area (TPSA) is 71.8 Å². The molecule has 29 heavy (non-hydrogen) atoms. The fourth-order valence-electron chi connectivity index (χ4n) is 3.74. The number of aryl methyl sites for hydroxylation is 3. The zero-order valence-corrected chi connectivity index (χ0v) is 17.2. The Bertz CT molecular complexity index is 1010. The Kier molecular flexibility index (Phi) is 5.60. The van der Waals surface area contributed by atoms with Crippen LogP contribution in [-0.2, 0) is 4.74 Å². The monoisotopic (exact) mass is 393 g/mol. The van der Waals surface area contributed by atoms with Crippen LogP contribution in [0.25, 0.3) is 5.65 Å². The van der Waals surface area contributed by atoms with Crippen molar-refractivity contribution in [2.24, 2.45) is 0 Å². The molecule has 0 aliphatic carbocycles. The van der Waals surface area contributed by atoms with Crippen molar-refractivity contribution in [1.29, 1.82) is 0 Å². The minimum absolute atomic E-state index is 0.123. The molecule has 3 aromatic rings. The Balaban J connectivity index is 1.61. The molecular formula is C22H27N5O2. The normalized spacial score (nSPS) is 16.1. The van der Waals surface area contributed by atoms with Crippen LogP contribution in [0.2, 0.25) is 0 Å². The summed E-state index contributed by atoms with van der Waals surface area (Å²) in [6.45, 7) is 9.89. The molecule has 1 amide bonds. The van der Waals surface area contributed by atoms with E-state index in [1.807, 2.05) is 19.9 Å². The molecule has 1 atom stereocenters. The Morgan fingerprint density at radius 1 is 1.17 bits per heavy atom. The van der Waals surface area contributed by atoms with Crippen molar-refractivity contribution in [3.63, 3.8) is 0 Å². The fraction of sp³-hybridized carbons (Fsp3) is 0.409. The first-order valence-electron chi connectivity index (χ1n) is 10.0. The van der Waals surface area contributed by atoms with Gasteiger partial charge in [0, 0.05) is 31.0 Å². The van der Waals surface area contributed by atoms with Crippen molar-refractivity contribution in [3.05, 3.63) is 64.6 Å². The molecule has 0 bridgehead atoms. The molecule has 3 heterocycles. The number of ether oxygens (including phenoxy) is 1. The van der Waals surface area contributed by atoms with Gasteiger partial charge in [0.1, 0.15) is 5.56 Å². The Hall–Kier alpha value is -2.77. The molecule has 0 spiro atoms. The van der Waals surface area contributed by atoms with Gasteiger partial charge in [0.15, 0.2) is 5.65 Å². The molecule has 0 radical (unpaired) electrons. The number of rotatable bonds is 5. The summed E-state index contributed by atoms with van der Waals surface area (Å²) in [7, 11) is 0. The minimum atomic E-state index is -0.156. The Morgan fingerprint density at radius 3 is 2.62 bits per heavy atom. The first kappa shape index (κ1) is 19.5. The second kappa shape index (κ2) is 8.31. The predicted octanol–water partition coefficient (Wildman–Crippen LogP) is 2.46. The van der Waals surface area contributed by atoms with E-state index in [4.69, 9.17) is 4.74 Å². The van der Waals surface area contributed by atoms with Crippen LogP contribution in [0.15, 0.2) is 36.5 Å². The summed E-state index contributed by atoms with van der Waals surface area (Å²) < 4.78 is 7.18. The molecule has 0 unspecified atom stereocenters. The Morgan fingerprint density at radius 2 is 1.90 bits per heavy atom. The molecule has 4 rings (SSSR count). The molecule has 1 saturated heterocycles. The van der Waals surface area contributed by atoms with Gasteiger partial charge < -0.3 is 10.1 Å². The molecule has 1 aromatic carbocycles. The largest absolute Gasteiger partial charge is 0.379 e. The number of hydrogen-bond acceptors (Lipinski definition) is 5. The van der Waals surface area contributed by atoms with Crippen LogP contribution in [0, 0.1) is 20.8 Å². The number of nitrogens with zero attached hydrogens (tertiary/aromatic N) is 4. The zero-order chi connectivity index (χ0) is 20.4. The van der Waals surface area contributed by atoms with E-state index in [-0.39, 0.29) is 11.9 Å². The van der Waals surface area contributed by atoms with Gasteiger partial charge in [-0.15, -0.1) is 0 Å². The van der Waals surface area contributed by atoms with E-state index in [1.54, 1.807) is 10.7 Å². The highest BCUT2D eigenvalue weighted by Gasteiger charge is 2.23. The molecule has 1 fully saturated rings. The van der Waals surface area contributed by atoms with Crippen LogP contribution in [-0.4, -0.2) is 58.3 Å². The van der Waals surface area contributed by atoms with E-state index in [0.29, 0.717) is 11.2 Å². The van der Waals surface area contributed by atoms with Gasteiger partial charge in [-0.3, -0.25) is 9.69 Å². The second-order valence-corrected chi connectivity index (χ2v) is 7.68. The molecule has 7 heteroatoms. The van der Waals surface area contributed by atoms with E-state index in [9.17, 15) is 4.79 Å². The number of morpholine rings is 1. The lowest BCUT2D eigenvalue weighted by Crippen LogP contribution is -2.43. The van der Waals surface area contributed by atoms with Gasteiger partial charge in [0.25, 0.3) is 5.91 Å². The summed E-state index contributed by atoms with van der Waals surface area (Å²) in [6, 6.07) is 10.2. The van der Waals surface area contributed by atoms with Gasteiger partial charge >= 0.3 is 0 Å². The summed E-state index contributed by atoms with van der Waals surface area (Å²) in [6.07, 6.45) is 1.60. The highest BCUT2D eigenvalue weighted by molar-refractivity contribution is 5.99. The summed E-state index contributed by atoms with van der Waals surface area (Å²) in [4.78, 5) is 20.1. The van der Waals surface area contributed by atoms with Crippen molar-refractivity contribution < 1.29 is 9.53 Å². The average molecular weight is 393 g/mol. The SMILES string of the molecule is Cc1ccc([C@@H](CN2CCOCC2)NC(=O)c2cnn3c(C)cc(C)nc23)cc1. The number of benzene rings is 1. The number of hydrogen-bond donors (Lipinski definition) is 1. The molecule has 152 valence electrons. The third kappa shape index (κ3) is 4.31. The first-order valence-corrected chi connectivity index (χ1v) is 10.0. The highest BCUT2D eigenvalue weighted by atomic mass is 16.5. The minimum Gasteiger partial charge on any atom is -0.379 e. The van der Waals surface area contributed by atoms with Gasteiger partial charge in [-0.2, -0.15) is 5.10 Å². The predicted molar refractivity (Wildman–Crippen MR) is 111 cm³/mol. The van der Waals surface area contributed by atoms with E-state index in [0.717, 1.165) is 49.8 Å². The van der Waals surface area contributed by atoms with Gasteiger partial charge in [0.2, 0.25) is 0 Å². The van der Waals surface area contributed by atoms with Crippen molar-refractivity contribution in [2.75, 3.05) is 32.8 Å². The summed E-state index contributed by atoms with van der Waals surface area (Å²) in [5.41, 5.74) is 5.20. The van der Waals surface area contributed by atoms with E-state index in [2.05, 4.69) is 51.5 Å².